The fraction of sp³-hybridized carbons (Fsp3) is 0.786. The van der Waals surface area contributed by atoms with Gasteiger partial charge in [-0.2, -0.15) is 0 Å². The number of nitrogens with zero attached hydrogens (tertiary/aromatic N) is 3. The summed E-state index contributed by atoms with van der Waals surface area (Å²) < 4.78 is 0. The first-order valence-corrected chi connectivity index (χ1v) is 7.17. The number of piperazine rings is 1. The first-order chi connectivity index (χ1) is 9.08. The molecule has 0 bridgehead atoms. The van der Waals surface area contributed by atoms with Gasteiger partial charge in [-0.05, 0) is 33.4 Å². The van der Waals surface area contributed by atoms with E-state index in [9.17, 15) is 0 Å². The molecule has 5 nitrogen and oxygen atoms in total. The van der Waals surface area contributed by atoms with Crippen LogP contribution in [0, 0.1) is 0 Å². The van der Waals surface area contributed by atoms with Crippen molar-refractivity contribution >= 4 is 29.9 Å². The zero-order chi connectivity index (χ0) is 14.1. The summed E-state index contributed by atoms with van der Waals surface area (Å²) >= 11 is 0. The number of hydrogen-bond donors (Lipinski definition) is 2. The normalized spacial score (nSPS) is 17.6. The van der Waals surface area contributed by atoms with E-state index in [2.05, 4.69) is 33.7 Å². The molecule has 0 aromatic heterocycles. The minimum absolute atomic E-state index is 0. The first kappa shape index (κ1) is 19.7. The molecule has 0 atom stereocenters. The molecule has 1 aliphatic heterocycles. The Morgan fingerprint density at radius 3 is 2.50 bits per heavy atom. The van der Waals surface area contributed by atoms with E-state index in [0.29, 0.717) is 12.5 Å². The Hall–Kier alpha value is -0.340. The van der Waals surface area contributed by atoms with Crippen molar-refractivity contribution in [3.05, 3.63) is 12.2 Å². The Labute approximate surface area is 140 Å². The molecule has 0 aliphatic carbocycles. The van der Waals surface area contributed by atoms with Crippen LogP contribution in [0.3, 0.4) is 0 Å². The zero-order valence-electron chi connectivity index (χ0n) is 12.9. The second-order valence-corrected chi connectivity index (χ2v) is 5.44. The predicted molar refractivity (Wildman–Crippen MR) is 97.9 cm³/mol. The van der Waals surface area contributed by atoms with Crippen LogP contribution in [0.5, 0.6) is 0 Å². The van der Waals surface area contributed by atoms with Crippen molar-refractivity contribution in [2.75, 3.05) is 52.9 Å². The van der Waals surface area contributed by atoms with Crippen molar-refractivity contribution in [2.24, 2.45) is 10.7 Å². The molecular weight excluding hydrogens is 365 g/mol. The molecule has 6 heteroatoms. The Morgan fingerprint density at radius 1 is 1.25 bits per heavy atom. The second kappa shape index (κ2) is 11.3. The van der Waals surface area contributed by atoms with Gasteiger partial charge >= 0.3 is 0 Å². The van der Waals surface area contributed by atoms with E-state index in [4.69, 9.17) is 5.73 Å². The van der Waals surface area contributed by atoms with Gasteiger partial charge in [-0.15, -0.1) is 24.0 Å². The molecule has 0 aromatic rings. The summed E-state index contributed by atoms with van der Waals surface area (Å²) in [4.78, 5) is 9.11. The van der Waals surface area contributed by atoms with E-state index in [1.54, 1.807) is 0 Å². The molecule has 1 fully saturated rings. The minimum Gasteiger partial charge on any atom is -0.370 e. The maximum absolute atomic E-state index is 5.74. The number of halogens is 1. The lowest BCUT2D eigenvalue weighted by Crippen LogP contribution is -2.44. The molecule has 0 spiro atoms. The highest BCUT2D eigenvalue weighted by Crippen LogP contribution is 2.01. The lowest BCUT2D eigenvalue weighted by Gasteiger charge is -2.32. The van der Waals surface area contributed by atoms with Gasteiger partial charge in [0, 0.05) is 32.7 Å². The third-order valence-corrected chi connectivity index (χ3v) is 3.32. The van der Waals surface area contributed by atoms with E-state index in [-0.39, 0.29) is 24.0 Å². The van der Waals surface area contributed by atoms with Crippen LogP contribution in [-0.4, -0.2) is 68.6 Å². The number of nitrogens with two attached hydrogens (primary N) is 1. The van der Waals surface area contributed by atoms with Crippen LogP contribution in [-0.2, 0) is 0 Å². The summed E-state index contributed by atoms with van der Waals surface area (Å²) in [6.07, 6.45) is 2.35. The van der Waals surface area contributed by atoms with E-state index < -0.39 is 0 Å². The summed E-state index contributed by atoms with van der Waals surface area (Å²) in [5, 5.41) is 3.14. The highest BCUT2D eigenvalue weighted by Gasteiger charge is 2.12. The van der Waals surface area contributed by atoms with Gasteiger partial charge in [0.1, 0.15) is 0 Å². The van der Waals surface area contributed by atoms with Crippen molar-refractivity contribution in [3.8, 4) is 0 Å². The Balaban J connectivity index is 0.00000361. The Bertz CT molecular complexity index is 298. The number of unbranched alkanes of at least 4 members (excludes halogenated alkanes) is 1. The topological polar surface area (TPSA) is 56.9 Å². The lowest BCUT2D eigenvalue weighted by atomic mass is 10.2. The van der Waals surface area contributed by atoms with Gasteiger partial charge in [0.25, 0.3) is 0 Å². The third kappa shape index (κ3) is 9.55. The fourth-order valence-corrected chi connectivity index (χ4v) is 2.02. The zero-order valence-corrected chi connectivity index (χ0v) is 15.2. The summed E-state index contributed by atoms with van der Waals surface area (Å²) in [5.74, 6) is 0.530. The van der Waals surface area contributed by atoms with E-state index >= 15 is 0 Å². The van der Waals surface area contributed by atoms with Crippen LogP contribution in [0.1, 0.15) is 19.8 Å². The van der Waals surface area contributed by atoms with E-state index in [1.807, 2.05) is 6.92 Å². The quantitative estimate of drug-likeness (QED) is 0.223. The molecule has 0 amide bonds. The third-order valence-electron chi connectivity index (χ3n) is 3.32. The molecule has 1 rings (SSSR count). The van der Waals surface area contributed by atoms with Gasteiger partial charge < -0.3 is 20.9 Å². The van der Waals surface area contributed by atoms with Gasteiger partial charge in [-0.1, -0.05) is 12.2 Å². The van der Waals surface area contributed by atoms with Gasteiger partial charge in [0.2, 0.25) is 0 Å². The van der Waals surface area contributed by atoms with Gasteiger partial charge in [0.05, 0.1) is 6.54 Å². The summed E-state index contributed by atoms with van der Waals surface area (Å²) in [5.41, 5.74) is 6.77. The number of guanidine groups is 1. The molecule has 0 saturated carbocycles. The predicted octanol–water partition coefficient (Wildman–Crippen LogP) is 1.11. The van der Waals surface area contributed by atoms with Crippen molar-refractivity contribution < 1.29 is 0 Å². The molecule has 1 aliphatic rings. The van der Waals surface area contributed by atoms with Crippen molar-refractivity contribution in [3.63, 3.8) is 0 Å². The molecular formula is C14H30IN5. The number of rotatable bonds is 7. The molecule has 20 heavy (non-hydrogen) atoms. The van der Waals surface area contributed by atoms with Crippen molar-refractivity contribution in [1.29, 1.82) is 0 Å². The van der Waals surface area contributed by atoms with Crippen LogP contribution in [0.4, 0.5) is 0 Å². The van der Waals surface area contributed by atoms with Crippen LogP contribution >= 0.6 is 24.0 Å². The molecule has 1 heterocycles. The largest absolute Gasteiger partial charge is 0.370 e. The Kier molecular flexibility index (Phi) is 11.1. The van der Waals surface area contributed by atoms with E-state index in [0.717, 1.165) is 18.5 Å². The average Bonchev–Trinajstić information content (AvgIpc) is 2.38. The molecule has 1 saturated heterocycles. The summed E-state index contributed by atoms with van der Waals surface area (Å²) in [7, 11) is 2.19. The number of nitrogens with one attached hydrogen (secondary N) is 1. The van der Waals surface area contributed by atoms with Gasteiger partial charge in [-0.25, -0.2) is 4.99 Å². The fourth-order valence-electron chi connectivity index (χ4n) is 2.02. The van der Waals surface area contributed by atoms with Gasteiger partial charge in [0.15, 0.2) is 5.96 Å². The highest BCUT2D eigenvalue weighted by atomic mass is 127. The average molecular weight is 395 g/mol. The second-order valence-electron chi connectivity index (χ2n) is 5.44. The van der Waals surface area contributed by atoms with Crippen LogP contribution < -0.4 is 11.1 Å². The minimum atomic E-state index is 0. The molecule has 0 radical (unpaired) electrons. The van der Waals surface area contributed by atoms with Crippen LogP contribution in [0.2, 0.25) is 0 Å². The number of aliphatic imine (C=N–C) groups is 1. The standard InChI is InChI=1S/C14H29N5.HI/c1-13(2)12-17-14(15)16-6-4-5-7-19-10-8-18(3)9-11-19;/h1,4-12H2,2-3H3,(H3,15,16,17);1H. The molecule has 0 aromatic carbocycles. The summed E-state index contributed by atoms with van der Waals surface area (Å²) in [6, 6.07) is 0. The number of hydrogen-bond acceptors (Lipinski definition) is 3. The number of likely N-dealkylation sites (N-methyl/N-ethyl adjacent to an activating group) is 1. The van der Waals surface area contributed by atoms with E-state index in [1.165, 1.54) is 39.1 Å². The maximum atomic E-state index is 5.74. The SMILES string of the molecule is C=C(C)CN=C(N)NCCCCN1CCN(C)CC1.I. The molecule has 3 N–H and O–H groups in total. The smallest absolute Gasteiger partial charge is 0.188 e. The summed E-state index contributed by atoms with van der Waals surface area (Å²) in [6.45, 7) is 13.2. The van der Waals surface area contributed by atoms with Crippen molar-refractivity contribution in [2.45, 2.75) is 19.8 Å². The monoisotopic (exact) mass is 395 g/mol. The maximum Gasteiger partial charge on any atom is 0.188 e. The van der Waals surface area contributed by atoms with Gasteiger partial charge in [-0.3, -0.25) is 0 Å². The molecule has 0 unspecified atom stereocenters. The van der Waals surface area contributed by atoms with Crippen LogP contribution in [0.25, 0.3) is 0 Å². The first-order valence-electron chi connectivity index (χ1n) is 7.17. The van der Waals surface area contributed by atoms with Crippen molar-refractivity contribution in [1.82, 2.24) is 15.1 Å². The highest BCUT2D eigenvalue weighted by molar-refractivity contribution is 14.0. The molecule has 118 valence electrons. The van der Waals surface area contributed by atoms with Crippen LogP contribution in [0.15, 0.2) is 17.1 Å². The lowest BCUT2D eigenvalue weighted by molar-refractivity contribution is 0.152. The Morgan fingerprint density at radius 2 is 1.90 bits per heavy atom.